The summed E-state index contributed by atoms with van der Waals surface area (Å²) < 4.78 is 5.86. The highest BCUT2D eigenvalue weighted by molar-refractivity contribution is 5.31. The van der Waals surface area contributed by atoms with Crippen LogP contribution in [0.3, 0.4) is 0 Å². The molecule has 1 saturated heterocycles. The minimum atomic E-state index is 0.388. The van der Waals surface area contributed by atoms with Crippen molar-refractivity contribution in [2.24, 2.45) is 11.7 Å². The molecular weight excluding hydrogens is 236 g/mol. The second kappa shape index (κ2) is 6.92. The fraction of sp³-hybridized carbons (Fsp3) is 0.625. The van der Waals surface area contributed by atoms with Crippen molar-refractivity contribution in [1.82, 2.24) is 4.90 Å². The van der Waals surface area contributed by atoms with E-state index < -0.39 is 0 Å². The van der Waals surface area contributed by atoms with Gasteiger partial charge in [-0.25, -0.2) is 0 Å². The molecule has 0 aromatic heterocycles. The molecule has 0 amide bonds. The summed E-state index contributed by atoms with van der Waals surface area (Å²) in [5.41, 5.74) is 7.34. The highest BCUT2D eigenvalue weighted by Gasteiger charge is 2.24. The molecule has 1 heterocycles. The number of piperidine rings is 1. The van der Waals surface area contributed by atoms with Gasteiger partial charge in [0.25, 0.3) is 0 Å². The van der Waals surface area contributed by atoms with Crippen molar-refractivity contribution in [1.29, 1.82) is 0 Å². The van der Waals surface area contributed by atoms with E-state index in [2.05, 4.69) is 24.8 Å². The van der Waals surface area contributed by atoms with Crippen LogP contribution >= 0.6 is 0 Å². The van der Waals surface area contributed by atoms with Crippen LogP contribution in [0.25, 0.3) is 0 Å². The summed E-state index contributed by atoms with van der Waals surface area (Å²) in [6, 6.07) is 8.58. The first-order valence-corrected chi connectivity index (χ1v) is 7.37. The van der Waals surface area contributed by atoms with Crippen molar-refractivity contribution in [3.63, 3.8) is 0 Å². The molecule has 1 aliphatic heterocycles. The molecule has 1 aliphatic rings. The van der Waals surface area contributed by atoms with E-state index in [1.54, 1.807) is 0 Å². The average molecular weight is 262 g/mol. The smallest absolute Gasteiger partial charge is 0.122 e. The maximum absolute atomic E-state index is 6.13. The number of nitrogens with zero attached hydrogens (tertiary/aromatic N) is 1. The van der Waals surface area contributed by atoms with Crippen molar-refractivity contribution < 1.29 is 4.74 Å². The van der Waals surface area contributed by atoms with E-state index in [4.69, 9.17) is 10.5 Å². The quantitative estimate of drug-likeness (QED) is 0.885. The van der Waals surface area contributed by atoms with E-state index in [1.165, 1.54) is 12.0 Å². The fourth-order valence-electron chi connectivity index (χ4n) is 2.76. The first kappa shape index (κ1) is 14.4. The van der Waals surface area contributed by atoms with Gasteiger partial charge in [-0.2, -0.15) is 0 Å². The Morgan fingerprint density at radius 3 is 2.89 bits per heavy atom. The van der Waals surface area contributed by atoms with E-state index in [9.17, 15) is 0 Å². The Morgan fingerprint density at radius 1 is 1.37 bits per heavy atom. The number of nitrogens with two attached hydrogens (primary N) is 1. The van der Waals surface area contributed by atoms with Crippen molar-refractivity contribution in [2.75, 3.05) is 26.2 Å². The molecule has 0 aliphatic carbocycles. The van der Waals surface area contributed by atoms with E-state index in [0.717, 1.165) is 38.4 Å². The van der Waals surface area contributed by atoms with Crippen LogP contribution in [0.15, 0.2) is 24.3 Å². The summed E-state index contributed by atoms with van der Waals surface area (Å²) in [7, 11) is 0. The molecule has 0 radical (unpaired) electrons. The lowest BCUT2D eigenvalue weighted by Gasteiger charge is -2.36. The second-order valence-electron chi connectivity index (χ2n) is 5.54. The lowest BCUT2D eigenvalue weighted by molar-refractivity contribution is 0.130. The van der Waals surface area contributed by atoms with Crippen LogP contribution in [0.5, 0.6) is 5.75 Å². The number of rotatable bonds is 5. The number of ether oxygens (including phenoxy) is 1. The Bertz CT molecular complexity index is 394. The number of likely N-dealkylation sites (tertiary alicyclic amines) is 1. The molecule has 0 bridgehead atoms. The van der Waals surface area contributed by atoms with Crippen LogP contribution in [-0.2, 0) is 0 Å². The third-order valence-corrected chi connectivity index (χ3v) is 4.16. The molecule has 2 N–H and O–H groups in total. The summed E-state index contributed by atoms with van der Waals surface area (Å²) >= 11 is 0. The Balaban J connectivity index is 1.76. The lowest BCUT2D eigenvalue weighted by atomic mass is 9.91. The SMILES string of the molecule is CCC1CN(CCOc2ccccc2C)CCC1N. The zero-order chi connectivity index (χ0) is 13.7. The first-order chi connectivity index (χ1) is 9.20. The van der Waals surface area contributed by atoms with E-state index in [-0.39, 0.29) is 0 Å². The largest absolute Gasteiger partial charge is 0.492 e. The van der Waals surface area contributed by atoms with Crippen LogP contribution in [-0.4, -0.2) is 37.2 Å². The third kappa shape index (κ3) is 3.95. The van der Waals surface area contributed by atoms with Crippen LogP contribution in [0.2, 0.25) is 0 Å². The summed E-state index contributed by atoms with van der Waals surface area (Å²) in [6.45, 7) is 8.30. The lowest BCUT2D eigenvalue weighted by Crippen LogP contribution is -2.47. The minimum Gasteiger partial charge on any atom is -0.492 e. The molecule has 2 rings (SSSR count). The van der Waals surface area contributed by atoms with E-state index >= 15 is 0 Å². The topological polar surface area (TPSA) is 38.5 Å². The van der Waals surface area contributed by atoms with Crippen LogP contribution < -0.4 is 10.5 Å². The third-order valence-electron chi connectivity index (χ3n) is 4.16. The molecule has 106 valence electrons. The number of aryl methyl sites for hydroxylation is 1. The maximum Gasteiger partial charge on any atom is 0.122 e. The average Bonchev–Trinajstić information content (AvgIpc) is 2.43. The number of benzene rings is 1. The van der Waals surface area contributed by atoms with E-state index in [0.29, 0.717) is 12.0 Å². The molecule has 2 atom stereocenters. The number of para-hydroxylation sites is 1. The fourth-order valence-corrected chi connectivity index (χ4v) is 2.76. The monoisotopic (exact) mass is 262 g/mol. The van der Waals surface area contributed by atoms with Crippen molar-refractivity contribution in [2.45, 2.75) is 32.7 Å². The zero-order valence-electron chi connectivity index (χ0n) is 12.1. The molecule has 3 nitrogen and oxygen atoms in total. The van der Waals surface area contributed by atoms with Crippen molar-refractivity contribution >= 4 is 0 Å². The van der Waals surface area contributed by atoms with Crippen LogP contribution in [0.1, 0.15) is 25.3 Å². The van der Waals surface area contributed by atoms with Crippen molar-refractivity contribution in [3.05, 3.63) is 29.8 Å². The van der Waals surface area contributed by atoms with Gasteiger partial charge >= 0.3 is 0 Å². The summed E-state index contributed by atoms with van der Waals surface area (Å²) in [5.74, 6) is 1.65. The normalized spacial score (nSPS) is 24.4. The molecule has 0 spiro atoms. The standard InChI is InChI=1S/C16H26N2O/c1-3-14-12-18(9-8-15(14)17)10-11-19-16-7-5-4-6-13(16)2/h4-7,14-15H,3,8-12,17H2,1-2H3. The Labute approximate surface area is 116 Å². The predicted octanol–water partition coefficient (Wildman–Crippen LogP) is 2.43. The highest BCUT2D eigenvalue weighted by atomic mass is 16.5. The molecule has 1 fully saturated rings. The van der Waals surface area contributed by atoms with Crippen molar-refractivity contribution in [3.8, 4) is 5.75 Å². The van der Waals surface area contributed by atoms with Gasteiger partial charge < -0.3 is 10.5 Å². The highest BCUT2D eigenvalue weighted by Crippen LogP contribution is 2.19. The van der Waals surface area contributed by atoms with Gasteiger partial charge in [0, 0.05) is 19.1 Å². The van der Waals surface area contributed by atoms with Gasteiger partial charge in [-0.3, -0.25) is 4.90 Å². The van der Waals surface area contributed by atoms with Gasteiger partial charge in [0.1, 0.15) is 12.4 Å². The molecule has 1 aromatic rings. The molecule has 1 aromatic carbocycles. The van der Waals surface area contributed by atoms with E-state index in [1.807, 2.05) is 18.2 Å². The summed E-state index contributed by atoms with van der Waals surface area (Å²) in [6.07, 6.45) is 2.29. The zero-order valence-corrected chi connectivity index (χ0v) is 12.1. The minimum absolute atomic E-state index is 0.388. The van der Waals surface area contributed by atoms with Crippen LogP contribution in [0.4, 0.5) is 0 Å². The number of hydrogen-bond donors (Lipinski definition) is 1. The molecule has 2 unspecified atom stereocenters. The summed E-state index contributed by atoms with van der Waals surface area (Å²) in [5, 5.41) is 0. The second-order valence-corrected chi connectivity index (χ2v) is 5.54. The van der Waals surface area contributed by atoms with Gasteiger partial charge in [-0.15, -0.1) is 0 Å². The van der Waals surface area contributed by atoms with Gasteiger partial charge in [-0.05, 0) is 37.4 Å². The molecule has 3 heteroatoms. The predicted molar refractivity (Wildman–Crippen MR) is 79.5 cm³/mol. The Kier molecular flexibility index (Phi) is 5.23. The maximum atomic E-state index is 6.13. The van der Waals surface area contributed by atoms with Gasteiger partial charge in [0.05, 0.1) is 0 Å². The van der Waals surface area contributed by atoms with Gasteiger partial charge in [0.15, 0.2) is 0 Å². The molecule has 19 heavy (non-hydrogen) atoms. The first-order valence-electron chi connectivity index (χ1n) is 7.37. The van der Waals surface area contributed by atoms with Gasteiger partial charge in [0.2, 0.25) is 0 Å². The molecule has 0 saturated carbocycles. The van der Waals surface area contributed by atoms with Gasteiger partial charge in [-0.1, -0.05) is 31.5 Å². The summed E-state index contributed by atoms with van der Waals surface area (Å²) in [4.78, 5) is 2.48. The van der Waals surface area contributed by atoms with Crippen LogP contribution in [0, 0.1) is 12.8 Å². The molecular formula is C16H26N2O. The Hall–Kier alpha value is -1.06. The Morgan fingerprint density at radius 2 is 2.16 bits per heavy atom. The number of hydrogen-bond acceptors (Lipinski definition) is 3.